The van der Waals surface area contributed by atoms with E-state index in [9.17, 15) is 14.4 Å². The van der Waals surface area contributed by atoms with Gasteiger partial charge in [-0.05, 0) is 49.2 Å². The van der Waals surface area contributed by atoms with Crippen molar-refractivity contribution in [1.82, 2.24) is 5.32 Å². The lowest BCUT2D eigenvalue weighted by atomic mass is 10.1. The molecule has 1 fully saturated rings. The number of amides is 3. The highest BCUT2D eigenvalue weighted by Crippen LogP contribution is 2.37. The Hall–Kier alpha value is -3.52. The maximum absolute atomic E-state index is 13.1. The molecule has 0 unspecified atom stereocenters. The maximum Gasteiger partial charge on any atom is 0.283 e. The molecule has 1 heterocycles. The van der Waals surface area contributed by atoms with E-state index in [4.69, 9.17) is 21.1 Å². The zero-order chi connectivity index (χ0) is 23.5. The molecule has 0 bridgehead atoms. The fourth-order valence-corrected chi connectivity index (χ4v) is 4.20. The molecule has 0 radical (unpaired) electrons. The molecule has 9 heteroatoms. The van der Waals surface area contributed by atoms with Crippen LogP contribution in [0.3, 0.4) is 0 Å². The average Bonchev–Trinajstić information content (AvgIpc) is 3.41. The van der Waals surface area contributed by atoms with Gasteiger partial charge in [-0.25, -0.2) is 4.90 Å². The van der Waals surface area contributed by atoms with Gasteiger partial charge in [0.1, 0.15) is 22.2 Å². The van der Waals surface area contributed by atoms with Gasteiger partial charge in [0, 0.05) is 23.4 Å². The molecule has 172 valence electrons. The minimum absolute atomic E-state index is 0.0531. The summed E-state index contributed by atoms with van der Waals surface area (Å²) in [6.45, 7) is 0. The van der Waals surface area contributed by atoms with Crippen molar-refractivity contribution in [3.63, 3.8) is 0 Å². The number of nitrogens with zero attached hydrogens (tertiary/aromatic N) is 1. The number of methoxy groups -OCH3 is 2. The van der Waals surface area contributed by atoms with Crippen molar-refractivity contribution in [3.05, 3.63) is 58.8 Å². The summed E-state index contributed by atoms with van der Waals surface area (Å²) in [6, 6.07) is 11.6. The van der Waals surface area contributed by atoms with Crippen LogP contribution in [-0.2, 0) is 9.59 Å². The van der Waals surface area contributed by atoms with Gasteiger partial charge in [0.15, 0.2) is 0 Å². The predicted molar refractivity (Wildman–Crippen MR) is 125 cm³/mol. The number of rotatable bonds is 7. The minimum Gasteiger partial charge on any atom is -0.497 e. The molecule has 1 aliphatic carbocycles. The molecule has 2 aliphatic rings. The lowest BCUT2D eigenvalue weighted by Crippen LogP contribution is -2.32. The standard InChI is InChI=1S/C24H24ClN3O5/c1-32-17-11-12-18(19(13-17)33-2)28-23(30)20(25)21(24(28)31)26-16-9-7-14(8-10-16)22(29)27-15-5-3-4-6-15/h7-13,15,26H,3-6H2,1-2H3,(H,27,29). The van der Waals surface area contributed by atoms with Gasteiger partial charge >= 0.3 is 0 Å². The van der Waals surface area contributed by atoms with E-state index in [1.165, 1.54) is 14.2 Å². The molecule has 33 heavy (non-hydrogen) atoms. The summed E-state index contributed by atoms with van der Waals surface area (Å²) in [5.41, 5.74) is 1.24. The summed E-state index contributed by atoms with van der Waals surface area (Å²) in [4.78, 5) is 39.2. The highest BCUT2D eigenvalue weighted by molar-refractivity contribution is 6.53. The second kappa shape index (κ2) is 9.54. The van der Waals surface area contributed by atoms with Gasteiger partial charge in [-0.2, -0.15) is 0 Å². The van der Waals surface area contributed by atoms with E-state index in [-0.39, 0.29) is 28.4 Å². The van der Waals surface area contributed by atoms with Crippen LogP contribution in [0.25, 0.3) is 0 Å². The number of carbonyl (C=O) groups is 3. The Morgan fingerprint density at radius 2 is 1.70 bits per heavy atom. The zero-order valence-corrected chi connectivity index (χ0v) is 19.1. The van der Waals surface area contributed by atoms with E-state index < -0.39 is 11.8 Å². The van der Waals surface area contributed by atoms with Gasteiger partial charge in [0.05, 0.1) is 19.9 Å². The Morgan fingerprint density at radius 3 is 2.33 bits per heavy atom. The van der Waals surface area contributed by atoms with Gasteiger partial charge in [0.2, 0.25) is 0 Å². The first-order valence-electron chi connectivity index (χ1n) is 10.6. The smallest absolute Gasteiger partial charge is 0.283 e. The lowest BCUT2D eigenvalue weighted by Gasteiger charge is -2.18. The van der Waals surface area contributed by atoms with Gasteiger partial charge in [-0.3, -0.25) is 14.4 Å². The van der Waals surface area contributed by atoms with E-state index in [1.54, 1.807) is 42.5 Å². The summed E-state index contributed by atoms with van der Waals surface area (Å²) >= 11 is 6.22. The molecule has 0 saturated heterocycles. The number of nitrogens with one attached hydrogen (secondary N) is 2. The normalized spacial score (nSPS) is 16.4. The van der Waals surface area contributed by atoms with Crippen LogP contribution in [0.4, 0.5) is 11.4 Å². The first-order chi connectivity index (χ1) is 15.9. The number of benzene rings is 2. The van der Waals surface area contributed by atoms with Crippen molar-refractivity contribution in [2.45, 2.75) is 31.7 Å². The summed E-state index contributed by atoms with van der Waals surface area (Å²) in [5.74, 6) is -0.601. The number of imide groups is 1. The molecule has 1 aliphatic heterocycles. The van der Waals surface area contributed by atoms with Crippen molar-refractivity contribution in [1.29, 1.82) is 0 Å². The van der Waals surface area contributed by atoms with Crippen molar-refractivity contribution in [2.24, 2.45) is 0 Å². The second-order valence-electron chi connectivity index (χ2n) is 7.83. The van der Waals surface area contributed by atoms with Crippen LogP contribution in [0, 0.1) is 0 Å². The molecule has 2 N–H and O–H groups in total. The molecule has 2 aromatic carbocycles. The molecule has 0 spiro atoms. The molecular formula is C24H24ClN3O5. The Kier molecular flexibility index (Phi) is 6.55. The number of halogens is 1. The topological polar surface area (TPSA) is 97.0 Å². The number of ether oxygens (including phenoxy) is 2. The van der Waals surface area contributed by atoms with Crippen molar-refractivity contribution in [2.75, 3.05) is 24.4 Å². The third kappa shape index (κ3) is 4.52. The van der Waals surface area contributed by atoms with Crippen molar-refractivity contribution >= 4 is 40.7 Å². The van der Waals surface area contributed by atoms with E-state index in [0.29, 0.717) is 22.7 Å². The van der Waals surface area contributed by atoms with Crippen LogP contribution < -0.4 is 25.0 Å². The molecule has 1 saturated carbocycles. The largest absolute Gasteiger partial charge is 0.497 e. The Labute approximate surface area is 196 Å². The van der Waals surface area contributed by atoms with Gasteiger partial charge in [0.25, 0.3) is 17.7 Å². The SMILES string of the molecule is COc1ccc(N2C(=O)C(Cl)=C(Nc3ccc(C(=O)NC4CCCC4)cc3)C2=O)c(OC)c1. The molecule has 0 aromatic heterocycles. The fraction of sp³-hybridized carbons (Fsp3) is 0.292. The van der Waals surface area contributed by atoms with E-state index in [1.807, 2.05) is 0 Å². The molecule has 3 amide bonds. The Morgan fingerprint density at radius 1 is 1.00 bits per heavy atom. The predicted octanol–water partition coefficient (Wildman–Crippen LogP) is 3.81. The Bertz CT molecular complexity index is 1120. The van der Waals surface area contributed by atoms with E-state index in [2.05, 4.69) is 10.6 Å². The summed E-state index contributed by atoms with van der Waals surface area (Å²) in [5, 5.41) is 5.71. The van der Waals surface area contributed by atoms with Gasteiger partial charge < -0.3 is 20.1 Å². The third-order valence-corrected chi connectivity index (χ3v) is 6.11. The molecule has 2 aromatic rings. The van der Waals surface area contributed by atoms with Crippen LogP contribution in [0.2, 0.25) is 0 Å². The van der Waals surface area contributed by atoms with Crippen LogP contribution in [0.1, 0.15) is 36.0 Å². The van der Waals surface area contributed by atoms with Crippen LogP contribution in [0.15, 0.2) is 53.2 Å². The lowest BCUT2D eigenvalue weighted by molar-refractivity contribution is -0.120. The molecule has 0 atom stereocenters. The molecule has 8 nitrogen and oxygen atoms in total. The summed E-state index contributed by atoms with van der Waals surface area (Å²) in [6.07, 6.45) is 4.28. The van der Waals surface area contributed by atoms with Gasteiger partial charge in [-0.15, -0.1) is 0 Å². The molecular weight excluding hydrogens is 446 g/mol. The fourth-order valence-electron chi connectivity index (χ4n) is 3.99. The molecule has 4 rings (SSSR count). The first-order valence-corrected chi connectivity index (χ1v) is 11.0. The quantitative estimate of drug-likeness (QED) is 0.598. The average molecular weight is 470 g/mol. The number of hydrogen-bond acceptors (Lipinski definition) is 6. The summed E-state index contributed by atoms with van der Waals surface area (Å²) in [7, 11) is 2.94. The highest BCUT2D eigenvalue weighted by atomic mass is 35.5. The van der Waals surface area contributed by atoms with E-state index in [0.717, 1.165) is 30.6 Å². The van der Waals surface area contributed by atoms with Crippen LogP contribution >= 0.6 is 11.6 Å². The van der Waals surface area contributed by atoms with Crippen molar-refractivity contribution < 1.29 is 23.9 Å². The van der Waals surface area contributed by atoms with Crippen molar-refractivity contribution in [3.8, 4) is 11.5 Å². The number of anilines is 2. The van der Waals surface area contributed by atoms with E-state index >= 15 is 0 Å². The van der Waals surface area contributed by atoms with Gasteiger partial charge in [-0.1, -0.05) is 24.4 Å². The number of hydrogen-bond donors (Lipinski definition) is 2. The third-order valence-electron chi connectivity index (χ3n) is 5.76. The number of carbonyl (C=O) groups excluding carboxylic acids is 3. The maximum atomic E-state index is 13.1. The second-order valence-corrected chi connectivity index (χ2v) is 8.21. The van der Waals surface area contributed by atoms with Crippen LogP contribution in [-0.4, -0.2) is 38.0 Å². The summed E-state index contributed by atoms with van der Waals surface area (Å²) < 4.78 is 10.5. The highest BCUT2D eigenvalue weighted by Gasteiger charge is 2.40. The zero-order valence-electron chi connectivity index (χ0n) is 18.3. The van der Waals surface area contributed by atoms with Crippen LogP contribution in [0.5, 0.6) is 11.5 Å². The minimum atomic E-state index is -0.666. The first kappa shape index (κ1) is 22.7. The Balaban J connectivity index is 1.50. The monoisotopic (exact) mass is 469 g/mol.